The normalized spacial score (nSPS) is 16.8. The van der Waals surface area contributed by atoms with E-state index in [0.29, 0.717) is 24.9 Å². The molecule has 5 heteroatoms. The van der Waals surface area contributed by atoms with Gasteiger partial charge in [0.05, 0.1) is 11.6 Å². The van der Waals surface area contributed by atoms with Crippen molar-refractivity contribution in [3.05, 3.63) is 34.9 Å². The summed E-state index contributed by atoms with van der Waals surface area (Å²) in [5.41, 5.74) is 1.72. The zero-order valence-electron chi connectivity index (χ0n) is 12.6. The standard InChI is InChI=1S/C16H19N3O2/c1-4-16(5-2)14(20)18-15(21)19(16)10-13-7-6-12(9-17)8-11(13)3/h6-8H,4-5,10H2,1-3H3,(H,18,20,21). The average Bonchev–Trinajstić information content (AvgIpc) is 2.72. The minimum atomic E-state index is -0.766. The molecular weight excluding hydrogens is 266 g/mol. The van der Waals surface area contributed by atoms with Crippen LogP contribution >= 0.6 is 0 Å². The minimum absolute atomic E-state index is 0.219. The molecule has 21 heavy (non-hydrogen) atoms. The molecule has 1 fully saturated rings. The highest BCUT2D eigenvalue weighted by atomic mass is 16.2. The minimum Gasteiger partial charge on any atom is -0.305 e. The number of nitriles is 1. The van der Waals surface area contributed by atoms with Crippen LogP contribution in [-0.4, -0.2) is 22.4 Å². The first kappa shape index (κ1) is 15.0. The second-order valence-electron chi connectivity index (χ2n) is 5.34. The average molecular weight is 285 g/mol. The SMILES string of the molecule is CCC1(CC)C(=O)NC(=O)N1Cc1ccc(C#N)cc1C. The van der Waals surface area contributed by atoms with Gasteiger partial charge in [-0.15, -0.1) is 0 Å². The Hall–Kier alpha value is -2.35. The maximum Gasteiger partial charge on any atom is 0.325 e. The molecular formula is C16H19N3O2. The van der Waals surface area contributed by atoms with Gasteiger partial charge in [0.2, 0.25) is 0 Å². The van der Waals surface area contributed by atoms with Crippen LogP contribution in [0.15, 0.2) is 18.2 Å². The van der Waals surface area contributed by atoms with E-state index in [1.54, 1.807) is 17.0 Å². The quantitative estimate of drug-likeness (QED) is 0.864. The van der Waals surface area contributed by atoms with E-state index in [9.17, 15) is 9.59 Å². The highest BCUT2D eigenvalue weighted by Crippen LogP contribution is 2.31. The van der Waals surface area contributed by atoms with Gasteiger partial charge in [0.1, 0.15) is 5.54 Å². The van der Waals surface area contributed by atoms with Gasteiger partial charge in [-0.05, 0) is 43.0 Å². The molecule has 0 bridgehead atoms. The van der Waals surface area contributed by atoms with Crippen LogP contribution < -0.4 is 5.32 Å². The summed E-state index contributed by atoms with van der Waals surface area (Å²) < 4.78 is 0. The van der Waals surface area contributed by atoms with Gasteiger partial charge in [0, 0.05) is 6.54 Å². The fourth-order valence-corrected chi connectivity index (χ4v) is 2.89. The largest absolute Gasteiger partial charge is 0.325 e. The first-order chi connectivity index (χ1) is 9.98. The van der Waals surface area contributed by atoms with Gasteiger partial charge in [-0.2, -0.15) is 5.26 Å². The molecule has 0 aromatic heterocycles. The molecule has 1 aromatic rings. The monoisotopic (exact) mass is 285 g/mol. The molecule has 0 saturated carbocycles. The van der Waals surface area contributed by atoms with Crippen LogP contribution in [0.2, 0.25) is 0 Å². The van der Waals surface area contributed by atoms with Crippen molar-refractivity contribution in [3.63, 3.8) is 0 Å². The summed E-state index contributed by atoms with van der Waals surface area (Å²) in [5, 5.41) is 11.3. The van der Waals surface area contributed by atoms with Crippen LogP contribution in [0.5, 0.6) is 0 Å². The molecule has 1 aromatic carbocycles. The molecule has 1 aliphatic heterocycles. The van der Waals surface area contributed by atoms with Crippen LogP contribution in [0, 0.1) is 18.3 Å². The second kappa shape index (κ2) is 5.57. The molecule has 0 radical (unpaired) electrons. The number of carbonyl (C=O) groups is 2. The van der Waals surface area contributed by atoms with E-state index >= 15 is 0 Å². The lowest BCUT2D eigenvalue weighted by molar-refractivity contribution is -0.127. The van der Waals surface area contributed by atoms with Crippen molar-refractivity contribution in [2.24, 2.45) is 0 Å². The summed E-state index contributed by atoms with van der Waals surface area (Å²) in [7, 11) is 0. The maximum atomic E-state index is 12.1. The van der Waals surface area contributed by atoms with Crippen LogP contribution in [-0.2, 0) is 11.3 Å². The third-order valence-electron chi connectivity index (χ3n) is 4.37. The summed E-state index contributed by atoms with van der Waals surface area (Å²) in [6.07, 6.45) is 1.16. The lowest BCUT2D eigenvalue weighted by atomic mass is 9.90. The van der Waals surface area contributed by atoms with Crippen LogP contribution in [0.1, 0.15) is 43.4 Å². The van der Waals surface area contributed by atoms with E-state index in [1.165, 1.54) is 0 Å². The van der Waals surface area contributed by atoms with Gasteiger partial charge in [0.25, 0.3) is 5.91 Å². The van der Waals surface area contributed by atoms with Crippen molar-refractivity contribution in [1.82, 2.24) is 10.2 Å². The number of carbonyl (C=O) groups excluding carboxylic acids is 2. The van der Waals surface area contributed by atoms with Crippen molar-refractivity contribution in [1.29, 1.82) is 5.26 Å². The van der Waals surface area contributed by atoms with Crippen molar-refractivity contribution >= 4 is 11.9 Å². The molecule has 1 N–H and O–H groups in total. The predicted octanol–water partition coefficient (Wildman–Crippen LogP) is 2.48. The molecule has 1 aliphatic rings. The summed E-state index contributed by atoms with van der Waals surface area (Å²) >= 11 is 0. The van der Waals surface area contributed by atoms with Gasteiger partial charge < -0.3 is 4.90 Å². The first-order valence-electron chi connectivity index (χ1n) is 7.11. The Balaban J connectivity index is 2.35. The smallest absolute Gasteiger partial charge is 0.305 e. The predicted molar refractivity (Wildman–Crippen MR) is 78.3 cm³/mol. The summed E-state index contributed by atoms with van der Waals surface area (Å²) in [5.74, 6) is -0.219. The molecule has 1 heterocycles. The van der Waals surface area contributed by atoms with Crippen molar-refractivity contribution in [2.45, 2.75) is 45.7 Å². The molecule has 1 saturated heterocycles. The number of benzene rings is 1. The third-order valence-corrected chi connectivity index (χ3v) is 4.37. The lowest BCUT2D eigenvalue weighted by Gasteiger charge is -2.34. The van der Waals surface area contributed by atoms with E-state index in [-0.39, 0.29) is 11.9 Å². The number of hydrogen-bond acceptors (Lipinski definition) is 3. The molecule has 0 aliphatic carbocycles. The van der Waals surface area contributed by atoms with Gasteiger partial charge in [-0.3, -0.25) is 10.1 Å². The Morgan fingerprint density at radius 2 is 1.95 bits per heavy atom. The number of hydrogen-bond donors (Lipinski definition) is 1. The molecule has 5 nitrogen and oxygen atoms in total. The molecule has 0 atom stereocenters. The van der Waals surface area contributed by atoms with Crippen LogP contribution in [0.4, 0.5) is 4.79 Å². The molecule has 110 valence electrons. The zero-order valence-corrected chi connectivity index (χ0v) is 12.6. The highest BCUT2D eigenvalue weighted by Gasteiger charge is 2.50. The summed E-state index contributed by atoms with van der Waals surface area (Å²) in [6.45, 7) is 6.11. The Morgan fingerprint density at radius 3 is 2.48 bits per heavy atom. The number of rotatable bonds is 4. The van der Waals surface area contributed by atoms with E-state index in [1.807, 2.05) is 26.8 Å². The number of urea groups is 1. The van der Waals surface area contributed by atoms with E-state index in [4.69, 9.17) is 5.26 Å². The molecule has 0 spiro atoms. The van der Waals surface area contributed by atoms with Gasteiger partial charge >= 0.3 is 6.03 Å². The number of nitrogens with zero attached hydrogens (tertiary/aromatic N) is 2. The number of nitrogens with one attached hydrogen (secondary N) is 1. The number of aryl methyl sites for hydroxylation is 1. The number of imide groups is 1. The molecule has 3 amide bonds. The van der Waals surface area contributed by atoms with E-state index in [0.717, 1.165) is 11.1 Å². The van der Waals surface area contributed by atoms with Gasteiger partial charge in [0.15, 0.2) is 0 Å². The third kappa shape index (κ3) is 2.38. The van der Waals surface area contributed by atoms with Crippen molar-refractivity contribution in [2.75, 3.05) is 0 Å². The van der Waals surface area contributed by atoms with Crippen LogP contribution in [0.3, 0.4) is 0 Å². The zero-order chi connectivity index (χ0) is 15.6. The van der Waals surface area contributed by atoms with Crippen molar-refractivity contribution in [3.8, 4) is 6.07 Å². The lowest BCUT2D eigenvalue weighted by Crippen LogP contribution is -2.48. The number of amides is 3. The topological polar surface area (TPSA) is 73.2 Å². The van der Waals surface area contributed by atoms with E-state index in [2.05, 4.69) is 11.4 Å². The Labute approximate surface area is 124 Å². The Morgan fingerprint density at radius 1 is 1.29 bits per heavy atom. The maximum absolute atomic E-state index is 12.1. The van der Waals surface area contributed by atoms with E-state index < -0.39 is 5.54 Å². The molecule has 0 unspecified atom stereocenters. The summed E-state index contributed by atoms with van der Waals surface area (Å²) in [6, 6.07) is 7.13. The Bertz CT molecular complexity index is 627. The fourth-order valence-electron chi connectivity index (χ4n) is 2.89. The van der Waals surface area contributed by atoms with Crippen LogP contribution in [0.25, 0.3) is 0 Å². The fraction of sp³-hybridized carbons (Fsp3) is 0.438. The second-order valence-corrected chi connectivity index (χ2v) is 5.34. The first-order valence-corrected chi connectivity index (χ1v) is 7.11. The van der Waals surface area contributed by atoms with Gasteiger partial charge in [-0.1, -0.05) is 19.9 Å². The Kier molecular flexibility index (Phi) is 3.99. The highest BCUT2D eigenvalue weighted by molar-refractivity contribution is 6.06. The van der Waals surface area contributed by atoms with Gasteiger partial charge in [-0.25, -0.2) is 4.79 Å². The molecule has 2 rings (SSSR count). The van der Waals surface area contributed by atoms with Crippen molar-refractivity contribution < 1.29 is 9.59 Å². The summed E-state index contributed by atoms with van der Waals surface area (Å²) in [4.78, 5) is 25.9.